The zero-order chi connectivity index (χ0) is 20.3. The van der Waals surface area contributed by atoms with E-state index in [1.54, 1.807) is 0 Å². The Balaban J connectivity index is 1.79. The van der Waals surface area contributed by atoms with E-state index in [1.807, 2.05) is 69.3 Å². The van der Waals surface area contributed by atoms with Gasteiger partial charge in [0.15, 0.2) is 0 Å². The van der Waals surface area contributed by atoms with Crippen molar-refractivity contribution in [2.45, 2.75) is 45.3 Å². The number of halogens is 1. The second kappa shape index (κ2) is 8.23. The third-order valence-electron chi connectivity index (χ3n) is 4.50. The van der Waals surface area contributed by atoms with Crippen LogP contribution in [0.25, 0.3) is 11.1 Å². The summed E-state index contributed by atoms with van der Waals surface area (Å²) in [6, 6.07) is 14.5. The van der Waals surface area contributed by atoms with Gasteiger partial charge in [0.25, 0.3) is 0 Å². The number of benzene rings is 2. The van der Waals surface area contributed by atoms with Crippen molar-refractivity contribution in [2.75, 3.05) is 11.9 Å². The smallest absolute Gasteiger partial charge is 0.410 e. The predicted molar refractivity (Wildman–Crippen MR) is 111 cm³/mol. The number of carbonyl (C=O) groups excluding carboxylic acids is 2. The molecule has 2 amide bonds. The van der Waals surface area contributed by atoms with Crippen molar-refractivity contribution in [1.82, 2.24) is 4.90 Å². The quantitative estimate of drug-likeness (QED) is 0.755. The van der Waals surface area contributed by atoms with Crippen LogP contribution in [0.4, 0.5) is 10.5 Å². The fourth-order valence-electron chi connectivity index (χ4n) is 3.29. The maximum atomic E-state index is 13.0. The standard InChI is InChI=1S/C22H25ClN2O3/c1-22(2,3)28-21(27)25-13-7-12-19(25)20(26)24-18-11-5-4-10-17(18)15-8-6-9-16(23)14-15/h4-6,8-11,14,19H,7,12-13H2,1-3H3,(H,24,26)/t19-/m0/s1. The summed E-state index contributed by atoms with van der Waals surface area (Å²) in [6.45, 7) is 5.97. The number of nitrogens with one attached hydrogen (secondary N) is 1. The third kappa shape index (κ3) is 4.84. The summed E-state index contributed by atoms with van der Waals surface area (Å²) in [6.07, 6.45) is 0.936. The van der Waals surface area contributed by atoms with Gasteiger partial charge in [0.05, 0.1) is 0 Å². The molecule has 2 aromatic rings. The molecule has 0 saturated carbocycles. The molecule has 1 saturated heterocycles. The molecule has 0 aliphatic carbocycles. The van der Waals surface area contributed by atoms with Crippen LogP contribution in [0, 0.1) is 0 Å². The van der Waals surface area contributed by atoms with Crippen LogP contribution in [0.2, 0.25) is 5.02 Å². The summed E-state index contributed by atoms with van der Waals surface area (Å²) in [4.78, 5) is 26.9. The number of para-hydroxylation sites is 1. The summed E-state index contributed by atoms with van der Waals surface area (Å²) < 4.78 is 5.45. The fraction of sp³-hybridized carbons (Fsp3) is 0.364. The topological polar surface area (TPSA) is 58.6 Å². The molecular weight excluding hydrogens is 376 g/mol. The maximum Gasteiger partial charge on any atom is 0.410 e. The minimum Gasteiger partial charge on any atom is -0.444 e. The first kappa shape index (κ1) is 20.2. The normalized spacial score (nSPS) is 16.7. The van der Waals surface area contributed by atoms with Crippen molar-refractivity contribution < 1.29 is 14.3 Å². The van der Waals surface area contributed by atoms with Crippen molar-refractivity contribution in [2.24, 2.45) is 0 Å². The molecule has 5 nitrogen and oxygen atoms in total. The van der Waals surface area contributed by atoms with Gasteiger partial charge in [0.1, 0.15) is 11.6 Å². The lowest BCUT2D eigenvalue weighted by Crippen LogP contribution is -2.45. The van der Waals surface area contributed by atoms with Crippen LogP contribution in [0.15, 0.2) is 48.5 Å². The number of carbonyl (C=O) groups is 2. The summed E-state index contributed by atoms with van der Waals surface area (Å²) in [5.41, 5.74) is 1.88. The summed E-state index contributed by atoms with van der Waals surface area (Å²) in [5, 5.41) is 3.62. The van der Waals surface area contributed by atoms with E-state index in [1.165, 1.54) is 4.90 Å². The molecule has 0 unspecified atom stereocenters. The van der Waals surface area contributed by atoms with Gasteiger partial charge in [0.2, 0.25) is 5.91 Å². The van der Waals surface area contributed by atoms with Gasteiger partial charge in [-0.05, 0) is 57.4 Å². The summed E-state index contributed by atoms with van der Waals surface area (Å²) >= 11 is 6.12. The SMILES string of the molecule is CC(C)(C)OC(=O)N1CCC[C@H]1C(=O)Nc1ccccc1-c1cccc(Cl)c1. The third-order valence-corrected chi connectivity index (χ3v) is 4.74. The number of likely N-dealkylation sites (tertiary alicyclic amines) is 1. The van der Waals surface area contributed by atoms with E-state index >= 15 is 0 Å². The molecule has 0 spiro atoms. The summed E-state index contributed by atoms with van der Waals surface area (Å²) in [5.74, 6) is -0.210. The molecular formula is C22H25ClN2O3. The molecule has 1 fully saturated rings. The highest BCUT2D eigenvalue weighted by atomic mass is 35.5. The molecule has 1 aliphatic rings. The Hall–Kier alpha value is -2.53. The van der Waals surface area contributed by atoms with Gasteiger partial charge < -0.3 is 10.1 Å². The van der Waals surface area contributed by atoms with E-state index in [2.05, 4.69) is 5.32 Å². The molecule has 2 aromatic carbocycles. The van der Waals surface area contributed by atoms with E-state index in [4.69, 9.17) is 16.3 Å². The lowest BCUT2D eigenvalue weighted by molar-refractivity contribution is -0.120. The van der Waals surface area contributed by atoms with Crippen LogP contribution in [0.5, 0.6) is 0 Å². The number of anilines is 1. The van der Waals surface area contributed by atoms with Gasteiger partial charge in [-0.3, -0.25) is 9.69 Å². The van der Waals surface area contributed by atoms with Gasteiger partial charge in [-0.2, -0.15) is 0 Å². The van der Waals surface area contributed by atoms with E-state index in [0.717, 1.165) is 17.5 Å². The van der Waals surface area contributed by atoms with Crippen LogP contribution in [0.3, 0.4) is 0 Å². The number of amides is 2. The van der Waals surface area contributed by atoms with Gasteiger partial charge in [0, 0.05) is 22.8 Å². The Kier molecular flexibility index (Phi) is 5.94. The van der Waals surface area contributed by atoms with Crippen LogP contribution < -0.4 is 5.32 Å². The monoisotopic (exact) mass is 400 g/mol. The Morgan fingerprint density at radius 3 is 2.61 bits per heavy atom. The Morgan fingerprint density at radius 1 is 1.14 bits per heavy atom. The summed E-state index contributed by atoms with van der Waals surface area (Å²) in [7, 11) is 0. The first-order chi connectivity index (χ1) is 13.2. The number of ether oxygens (including phenoxy) is 1. The largest absolute Gasteiger partial charge is 0.444 e. The van der Waals surface area contributed by atoms with E-state index < -0.39 is 17.7 Å². The predicted octanol–water partition coefficient (Wildman–Crippen LogP) is 5.35. The first-order valence-electron chi connectivity index (χ1n) is 9.40. The minimum absolute atomic E-state index is 0.210. The van der Waals surface area contributed by atoms with Gasteiger partial charge in [-0.1, -0.05) is 41.9 Å². The molecule has 1 heterocycles. The molecule has 28 heavy (non-hydrogen) atoms. The first-order valence-corrected chi connectivity index (χ1v) is 9.78. The molecule has 0 aromatic heterocycles. The van der Waals surface area contributed by atoms with Gasteiger partial charge in [-0.25, -0.2) is 4.79 Å². The van der Waals surface area contributed by atoms with Crippen molar-refractivity contribution in [3.63, 3.8) is 0 Å². The van der Waals surface area contributed by atoms with Crippen LogP contribution in [-0.4, -0.2) is 35.1 Å². The number of hydrogen-bond donors (Lipinski definition) is 1. The minimum atomic E-state index is -0.597. The Morgan fingerprint density at radius 2 is 1.89 bits per heavy atom. The van der Waals surface area contributed by atoms with Crippen molar-refractivity contribution >= 4 is 29.3 Å². The van der Waals surface area contributed by atoms with Crippen LogP contribution in [0.1, 0.15) is 33.6 Å². The number of nitrogens with zero attached hydrogens (tertiary/aromatic N) is 1. The number of hydrogen-bond acceptors (Lipinski definition) is 3. The average Bonchev–Trinajstić information content (AvgIpc) is 3.11. The lowest BCUT2D eigenvalue weighted by atomic mass is 10.0. The highest BCUT2D eigenvalue weighted by molar-refractivity contribution is 6.30. The molecule has 3 rings (SSSR count). The maximum absolute atomic E-state index is 13.0. The van der Waals surface area contributed by atoms with Crippen LogP contribution >= 0.6 is 11.6 Å². The van der Waals surface area contributed by atoms with Crippen LogP contribution in [-0.2, 0) is 9.53 Å². The van der Waals surface area contributed by atoms with Crippen molar-refractivity contribution in [1.29, 1.82) is 0 Å². The molecule has 1 aliphatic heterocycles. The zero-order valence-corrected chi connectivity index (χ0v) is 17.1. The molecule has 1 N–H and O–H groups in total. The fourth-order valence-corrected chi connectivity index (χ4v) is 3.48. The second-order valence-corrected chi connectivity index (χ2v) is 8.31. The highest BCUT2D eigenvalue weighted by Gasteiger charge is 2.36. The second-order valence-electron chi connectivity index (χ2n) is 7.88. The molecule has 0 bridgehead atoms. The Bertz CT molecular complexity index is 876. The van der Waals surface area contributed by atoms with E-state index in [9.17, 15) is 9.59 Å². The molecule has 6 heteroatoms. The van der Waals surface area contributed by atoms with Gasteiger partial charge >= 0.3 is 6.09 Å². The Labute approximate surface area is 170 Å². The van der Waals surface area contributed by atoms with E-state index in [-0.39, 0.29) is 5.91 Å². The average molecular weight is 401 g/mol. The van der Waals surface area contributed by atoms with Crippen molar-refractivity contribution in [3.05, 3.63) is 53.6 Å². The highest BCUT2D eigenvalue weighted by Crippen LogP contribution is 2.30. The molecule has 1 atom stereocenters. The molecule has 148 valence electrons. The van der Waals surface area contributed by atoms with E-state index in [0.29, 0.717) is 23.7 Å². The van der Waals surface area contributed by atoms with Gasteiger partial charge in [-0.15, -0.1) is 0 Å². The molecule has 0 radical (unpaired) electrons. The van der Waals surface area contributed by atoms with Crippen molar-refractivity contribution in [3.8, 4) is 11.1 Å². The zero-order valence-electron chi connectivity index (χ0n) is 16.4. The number of rotatable bonds is 3. The lowest BCUT2D eigenvalue weighted by Gasteiger charge is -2.28.